The number of Topliss-reactive ketones (excluding diaryl/α,β-unsaturated/α-hetero) is 1. The smallest absolute Gasteiger partial charge is 0.189 e. The van der Waals surface area contributed by atoms with Gasteiger partial charge in [0.1, 0.15) is 11.5 Å². The Labute approximate surface area is 103 Å². The van der Waals surface area contributed by atoms with Gasteiger partial charge in [-0.2, -0.15) is 0 Å². The Morgan fingerprint density at radius 1 is 1.44 bits per heavy atom. The van der Waals surface area contributed by atoms with Gasteiger partial charge in [0, 0.05) is 13.0 Å². The van der Waals surface area contributed by atoms with Gasteiger partial charge in [0.05, 0.1) is 12.7 Å². The van der Waals surface area contributed by atoms with E-state index in [-0.39, 0.29) is 23.7 Å². The number of aromatic nitrogens is 3. The molecule has 0 fully saturated rings. The molecule has 94 valence electrons. The lowest BCUT2D eigenvalue weighted by molar-refractivity contribution is 0.0988. The van der Waals surface area contributed by atoms with Gasteiger partial charge in [-0.15, -0.1) is 5.10 Å². The molecule has 0 radical (unpaired) electrons. The van der Waals surface area contributed by atoms with Crippen LogP contribution in [0, 0.1) is 5.82 Å². The number of carbonyl (C=O) groups excluding carboxylic acids is 1. The van der Waals surface area contributed by atoms with Crippen LogP contribution in [-0.2, 0) is 13.0 Å². The van der Waals surface area contributed by atoms with E-state index in [9.17, 15) is 9.18 Å². The maximum absolute atomic E-state index is 13.0. The van der Waals surface area contributed by atoms with Gasteiger partial charge in [0.15, 0.2) is 5.78 Å². The summed E-state index contributed by atoms with van der Waals surface area (Å²) in [6.07, 6.45) is 1.66. The highest BCUT2D eigenvalue weighted by atomic mass is 19.1. The maximum Gasteiger partial charge on any atom is 0.189 e. The summed E-state index contributed by atoms with van der Waals surface area (Å²) in [4.78, 5) is 11.9. The minimum absolute atomic E-state index is 0.110. The first kappa shape index (κ1) is 12.4. The quantitative estimate of drug-likeness (QED) is 0.794. The van der Waals surface area contributed by atoms with Gasteiger partial charge >= 0.3 is 0 Å². The van der Waals surface area contributed by atoms with E-state index in [1.807, 2.05) is 0 Å². The maximum atomic E-state index is 13.0. The molecule has 1 aromatic carbocycles. The van der Waals surface area contributed by atoms with Crippen molar-refractivity contribution in [3.8, 4) is 0 Å². The van der Waals surface area contributed by atoms with Crippen LogP contribution < -0.4 is 5.73 Å². The molecule has 0 atom stereocenters. The Kier molecular flexibility index (Phi) is 3.78. The SMILES string of the molecule is NCCn1cc(C(=O)Cc2cccc(F)c2)nn1. The van der Waals surface area contributed by atoms with Crippen LogP contribution in [-0.4, -0.2) is 27.3 Å². The molecule has 0 aliphatic carbocycles. The van der Waals surface area contributed by atoms with Crippen LogP contribution in [0.25, 0.3) is 0 Å². The normalized spacial score (nSPS) is 10.6. The molecule has 0 spiro atoms. The molecule has 2 aromatic rings. The number of hydrogen-bond acceptors (Lipinski definition) is 4. The van der Waals surface area contributed by atoms with Crippen LogP contribution in [0.5, 0.6) is 0 Å². The molecule has 6 heteroatoms. The number of ketones is 1. The molecule has 0 aliphatic heterocycles. The molecule has 0 bridgehead atoms. The zero-order valence-corrected chi connectivity index (χ0v) is 9.71. The fraction of sp³-hybridized carbons (Fsp3) is 0.250. The lowest BCUT2D eigenvalue weighted by Gasteiger charge is -1.98. The summed E-state index contributed by atoms with van der Waals surface area (Å²) in [5.74, 6) is -0.545. The Morgan fingerprint density at radius 2 is 2.28 bits per heavy atom. The monoisotopic (exact) mass is 248 g/mol. The molecule has 0 saturated carbocycles. The Morgan fingerprint density at radius 3 is 3.00 bits per heavy atom. The van der Waals surface area contributed by atoms with Crippen LogP contribution in [0.15, 0.2) is 30.5 Å². The molecule has 2 N–H and O–H groups in total. The highest BCUT2D eigenvalue weighted by Gasteiger charge is 2.11. The largest absolute Gasteiger partial charge is 0.329 e. The second kappa shape index (κ2) is 5.50. The topological polar surface area (TPSA) is 73.8 Å². The molecule has 0 aliphatic rings. The standard InChI is InChI=1S/C12H13FN4O/c13-10-3-1-2-9(6-10)7-12(18)11-8-17(5-4-14)16-15-11/h1-3,6,8H,4-5,7,14H2. The number of carbonyl (C=O) groups is 1. The summed E-state index contributed by atoms with van der Waals surface area (Å²) >= 11 is 0. The molecule has 0 amide bonds. The van der Waals surface area contributed by atoms with E-state index in [0.29, 0.717) is 18.7 Å². The summed E-state index contributed by atoms with van der Waals surface area (Å²) in [7, 11) is 0. The second-order valence-corrected chi connectivity index (χ2v) is 3.89. The van der Waals surface area contributed by atoms with E-state index < -0.39 is 0 Å². The van der Waals surface area contributed by atoms with Crippen LogP contribution >= 0.6 is 0 Å². The third kappa shape index (κ3) is 2.98. The Bertz CT molecular complexity index is 553. The first-order valence-electron chi connectivity index (χ1n) is 5.57. The molecule has 1 heterocycles. The summed E-state index contributed by atoms with van der Waals surface area (Å²) < 4.78 is 14.5. The van der Waals surface area contributed by atoms with Crippen molar-refractivity contribution in [3.05, 3.63) is 47.5 Å². The van der Waals surface area contributed by atoms with Crippen molar-refractivity contribution in [2.24, 2.45) is 5.73 Å². The molecule has 2 rings (SSSR count). The zero-order chi connectivity index (χ0) is 13.0. The summed E-state index contributed by atoms with van der Waals surface area (Å²) in [5, 5.41) is 7.55. The Hall–Kier alpha value is -2.08. The predicted octanol–water partition coefficient (Wildman–Crippen LogP) is 0.801. The van der Waals surface area contributed by atoms with Crippen molar-refractivity contribution in [2.45, 2.75) is 13.0 Å². The third-order valence-corrected chi connectivity index (χ3v) is 2.44. The average molecular weight is 248 g/mol. The highest BCUT2D eigenvalue weighted by Crippen LogP contribution is 2.07. The summed E-state index contributed by atoms with van der Waals surface area (Å²) in [6, 6.07) is 5.95. The second-order valence-electron chi connectivity index (χ2n) is 3.89. The summed E-state index contributed by atoms with van der Waals surface area (Å²) in [6.45, 7) is 0.946. The van der Waals surface area contributed by atoms with Gasteiger partial charge in [0.2, 0.25) is 0 Å². The van der Waals surface area contributed by atoms with Gasteiger partial charge in [0.25, 0.3) is 0 Å². The summed E-state index contributed by atoms with van der Waals surface area (Å²) in [5.41, 5.74) is 6.26. The Balaban J connectivity index is 2.07. The van der Waals surface area contributed by atoms with Crippen LogP contribution in [0.3, 0.4) is 0 Å². The predicted molar refractivity (Wildman–Crippen MR) is 63.5 cm³/mol. The molecule has 5 nitrogen and oxygen atoms in total. The van der Waals surface area contributed by atoms with E-state index in [2.05, 4.69) is 10.3 Å². The fourth-order valence-corrected chi connectivity index (χ4v) is 1.59. The van der Waals surface area contributed by atoms with Gasteiger partial charge in [-0.3, -0.25) is 9.48 Å². The minimum atomic E-state index is -0.355. The van der Waals surface area contributed by atoms with Crippen molar-refractivity contribution in [3.63, 3.8) is 0 Å². The van der Waals surface area contributed by atoms with E-state index in [1.165, 1.54) is 16.8 Å². The minimum Gasteiger partial charge on any atom is -0.329 e. The third-order valence-electron chi connectivity index (χ3n) is 2.44. The first-order valence-corrected chi connectivity index (χ1v) is 5.57. The van der Waals surface area contributed by atoms with Crippen LogP contribution in [0.4, 0.5) is 4.39 Å². The number of nitrogens with two attached hydrogens (primary N) is 1. The molecular formula is C12H13FN4O. The van der Waals surface area contributed by atoms with Crippen LogP contribution in [0.2, 0.25) is 0 Å². The van der Waals surface area contributed by atoms with Gasteiger partial charge in [-0.25, -0.2) is 4.39 Å². The van der Waals surface area contributed by atoms with Crippen molar-refractivity contribution < 1.29 is 9.18 Å². The van der Waals surface area contributed by atoms with Crippen molar-refractivity contribution in [1.82, 2.24) is 15.0 Å². The van der Waals surface area contributed by atoms with Gasteiger partial charge < -0.3 is 5.73 Å². The molecule has 1 aromatic heterocycles. The first-order chi connectivity index (χ1) is 8.69. The van der Waals surface area contributed by atoms with E-state index in [0.717, 1.165) is 0 Å². The van der Waals surface area contributed by atoms with Crippen molar-refractivity contribution in [1.29, 1.82) is 0 Å². The number of nitrogens with zero attached hydrogens (tertiary/aromatic N) is 3. The average Bonchev–Trinajstić information content (AvgIpc) is 2.78. The van der Waals surface area contributed by atoms with E-state index >= 15 is 0 Å². The number of hydrogen-bond donors (Lipinski definition) is 1. The molecule has 18 heavy (non-hydrogen) atoms. The fourth-order valence-electron chi connectivity index (χ4n) is 1.59. The number of benzene rings is 1. The zero-order valence-electron chi connectivity index (χ0n) is 9.71. The highest BCUT2D eigenvalue weighted by molar-refractivity contribution is 5.95. The van der Waals surface area contributed by atoms with Crippen molar-refractivity contribution in [2.75, 3.05) is 6.54 Å². The lowest BCUT2D eigenvalue weighted by Crippen LogP contribution is -2.10. The van der Waals surface area contributed by atoms with Crippen LogP contribution in [0.1, 0.15) is 16.1 Å². The molecule has 0 unspecified atom stereocenters. The van der Waals surface area contributed by atoms with Gasteiger partial charge in [-0.1, -0.05) is 17.3 Å². The number of halogens is 1. The molecule has 0 saturated heterocycles. The van der Waals surface area contributed by atoms with Crippen molar-refractivity contribution >= 4 is 5.78 Å². The van der Waals surface area contributed by atoms with E-state index in [1.54, 1.807) is 18.3 Å². The lowest BCUT2D eigenvalue weighted by atomic mass is 10.1. The van der Waals surface area contributed by atoms with E-state index in [4.69, 9.17) is 5.73 Å². The molecular weight excluding hydrogens is 235 g/mol. The number of rotatable bonds is 5. The van der Waals surface area contributed by atoms with Gasteiger partial charge in [-0.05, 0) is 17.7 Å².